The summed E-state index contributed by atoms with van der Waals surface area (Å²) < 4.78 is 0. The number of nitrogens with zero attached hydrogens (tertiary/aromatic N) is 2. The number of hydrogen-bond donors (Lipinski definition) is 0. The molecule has 2 atom stereocenters. The van der Waals surface area contributed by atoms with Gasteiger partial charge in [-0.1, -0.05) is 48.5 Å². The first-order valence-electron chi connectivity index (χ1n) is 6.93. The van der Waals surface area contributed by atoms with E-state index >= 15 is 0 Å². The number of rotatable bonds is 2. The first-order valence-corrected chi connectivity index (χ1v) is 6.93. The summed E-state index contributed by atoms with van der Waals surface area (Å²) in [5.74, 6) is 0.638. The molecule has 100 valence electrons. The fourth-order valence-corrected chi connectivity index (χ4v) is 2.68. The van der Waals surface area contributed by atoms with Gasteiger partial charge >= 0.3 is 0 Å². The quantitative estimate of drug-likeness (QED) is 0.714. The van der Waals surface area contributed by atoms with Crippen LogP contribution in [0.15, 0.2) is 4.99 Å². The van der Waals surface area contributed by atoms with Crippen LogP contribution in [0.25, 0.3) is 0 Å². The Kier molecular flexibility index (Phi) is 4.27. The Morgan fingerprint density at radius 1 is 1.12 bits per heavy atom. The topological polar surface area (TPSA) is 15.6 Å². The zero-order chi connectivity index (χ0) is 13.3. The van der Waals surface area contributed by atoms with Crippen molar-refractivity contribution in [2.45, 2.75) is 60.9 Å². The second kappa shape index (κ2) is 4.99. The molecule has 1 aliphatic heterocycles. The van der Waals surface area contributed by atoms with Crippen molar-refractivity contribution in [2.75, 3.05) is 13.1 Å². The van der Waals surface area contributed by atoms with Crippen molar-refractivity contribution >= 4 is 6.34 Å². The van der Waals surface area contributed by atoms with Gasteiger partial charge < -0.3 is 4.90 Å². The molecule has 1 heterocycles. The van der Waals surface area contributed by atoms with E-state index in [1.807, 2.05) is 0 Å². The highest BCUT2D eigenvalue weighted by Gasteiger charge is 2.40. The summed E-state index contributed by atoms with van der Waals surface area (Å²) in [7, 11) is 0. The standard InChI is InChI=1S/C15H30N2/c1-8-9-17-10-12(14(2,3)4)13(16-11-17)15(5,6)7/h11-13H,8-10H2,1-7H3. The van der Waals surface area contributed by atoms with Gasteiger partial charge in [0.05, 0.1) is 12.4 Å². The van der Waals surface area contributed by atoms with Crippen LogP contribution in [0.2, 0.25) is 0 Å². The zero-order valence-corrected chi connectivity index (χ0v) is 12.7. The molecule has 0 bridgehead atoms. The van der Waals surface area contributed by atoms with E-state index in [0.717, 1.165) is 13.1 Å². The van der Waals surface area contributed by atoms with Crippen LogP contribution in [0, 0.1) is 16.7 Å². The predicted molar refractivity (Wildman–Crippen MR) is 76.5 cm³/mol. The van der Waals surface area contributed by atoms with Crippen LogP contribution in [-0.4, -0.2) is 30.4 Å². The van der Waals surface area contributed by atoms with E-state index in [-0.39, 0.29) is 5.41 Å². The molecule has 0 radical (unpaired) electrons. The van der Waals surface area contributed by atoms with Gasteiger partial charge in [-0.05, 0) is 17.3 Å². The van der Waals surface area contributed by atoms with E-state index in [2.05, 4.69) is 59.7 Å². The number of aliphatic imine (C=N–C) groups is 1. The first kappa shape index (κ1) is 14.5. The normalized spacial score (nSPS) is 26.4. The second-order valence-corrected chi connectivity index (χ2v) is 7.54. The molecule has 0 saturated heterocycles. The van der Waals surface area contributed by atoms with Crippen molar-refractivity contribution in [3.63, 3.8) is 0 Å². The molecule has 0 aliphatic carbocycles. The molecule has 0 spiro atoms. The highest BCUT2D eigenvalue weighted by Crippen LogP contribution is 2.40. The predicted octanol–water partition coefficient (Wildman–Crippen LogP) is 3.82. The molecule has 0 N–H and O–H groups in total. The Bertz CT molecular complexity index is 268. The Morgan fingerprint density at radius 2 is 1.71 bits per heavy atom. The lowest BCUT2D eigenvalue weighted by Gasteiger charge is -2.46. The highest BCUT2D eigenvalue weighted by molar-refractivity contribution is 5.56. The number of hydrogen-bond acceptors (Lipinski definition) is 2. The van der Waals surface area contributed by atoms with E-state index in [0.29, 0.717) is 17.4 Å². The van der Waals surface area contributed by atoms with Crippen LogP contribution in [0.5, 0.6) is 0 Å². The SMILES string of the molecule is CCCN1C=NC(C(C)(C)C)C(C(C)(C)C)C1. The molecule has 1 aliphatic rings. The maximum absolute atomic E-state index is 4.85. The molecular weight excluding hydrogens is 208 g/mol. The van der Waals surface area contributed by atoms with Gasteiger partial charge in [-0.2, -0.15) is 0 Å². The molecule has 1 rings (SSSR count). The van der Waals surface area contributed by atoms with Gasteiger partial charge in [0, 0.05) is 19.0 Å². The van der Waals surface area contributed by atoms with E-state index in [1.54, 1.807) is 0 Å². The minimum Gasteiger partial charge on any atom is -0.363 e. The molecule has 17 heavy (non-hydrogen) atoms. The molecular formula is C15H30N2. The van der Waals surface area contributed by atoms with Crippen LogP contribution in [0.3, 0.4) is 0 Å². The summed E-state index contributed by atoms with van der Waals surface area (Å²) in [5, 5.41) is 0. The summed E-state index contributed by atoms with van der Waals surface area (Å²) in [6.45, 7) is 18.5. The van der Waals surface area contributed by atoms with E-state index in [9.17, 15) is 0 Å². The van der Waals surface area contributed by atoms with Gasteiger partial charge in [0.1, 0.15) is 0 Å². The van der Waals surface area contributed by atoms with Crippen molar-refractivity contribution in [3.8, 4) is 0 Å². The molecule has 0 aromatic carbocycles. The van der Waals surface area contributed by atoms with Crippen LogP contribution < -0.4 is 0 Å². The lowest BCUT2D eigenvalue weighted by Crippen LogP contribution is -2.49. The van der Waals surface area contributed by atoms with E-state index in [1.165, 1.54) is 6.42 Å². The van der Waals surface area contributed by atoms with Crippen molar-refractivity contribution in [1.29, 1.82) is 0 Å². The van der Waals surface area contributed by atoms with Gasteiger partial charge in [-0.3, -0.25) is 4.99 Å². The monoisotopic (exact) mass is 238 g/mol. The molecule has 0 aromatic heterocycles. The molecule has 2 heteroatoms. The minimum atomic E-state index is 0.257. The molecule has 0 fully saturated rings. The van der Waals surface area contributed by atoms with Crippen LogP contribution in [0.4, 0.5) is 0 Å². The van der Waals surface area contributed by atoms with Gasteiger partial charge in [0.15, 0.2) is 0 Å². The van der Waals surface area contributed by atoms with Crippen molar-refractivity contribution in [1.82, 2.24) is 4.90 Å². The summed E-state index contributed by atoms with van der Waals surface area (Å²) in [5.41, 5.74) is 0.578. The van der Waals surface area contributed by atoms with Crippen molar-refractivity contribution in [3.05, 3.63) is 0 Å². The Balaban J connectivity index is 2.92. The zero-order valence-electron chi connectivity index (χ0n) is 12.7. The lowest BCUT2D eigenvalue weighted by molar-refractivity contribution is 0.0954. The summed E-state index contributed by atoms with van der Waals surface area (Å²) in [4.78, 5) is 7.24. The van der Waals surface area contributed by atoms with Crippen LogP contribution in [0.1, 0.15) is 54.9 Å². The second-order valence-electron chi connectivity index (χ2n) is 7.54. The van der Waals surface area contributed by atoms with Gasteiger partial charge in [-0.15, -0.1) is 0 Å². The Hall–Kier alpha value is -0.530. The van der Waals surface area contributed by atoms with Crippen LogP contribution >= 0.6 is 0 Å². The van der Waals surface area contributed by atoms with Gasteiger partial charge in [0.2, 0.25) is 0 Å². The van der Waals surface area contributed by atoms with Crippen molar-refractivity contribution < 1.29 is 0 Å². The molecule has 0 amide bonds. The molecule has 0 aromatic rings. The highest BCUT2D eigenvalue weighted by atomic mass is 15.2. The maximum atomic E-state index is 4.85. The van der Waals surface area contributed by atoms with Gasteiger partial charge in [-0.25, -0.2) is 0 Å². The third-order valence-electron chi connectivity index (χ3n) is 3.71. The van der Waals surface area contributed by atoms with Crippen molar-refractivity contribution in [2.24, 2.45) is 21.7 Å². The average Bonchev–Trinajstić information content (AvgIpc) is 2.15. The summed E-state index contributed by atoms with van der Waals surface area (Å²) in [6.07, 6.45) is 3.28. The summed E-state index contributed by atoms with van der Waals surface area (Å²) >= 11 is 0. The van der Waals surface area contributed by atoms with Gasteiger partial charge in [0.25, 0.3) is 0 Å². The first-order chi connectivity index (χ1) is 7.66. The fourth-order valence-electron chi connectivity index (χ4n) is 2.68. The Labute approximate surface area is 107 Å². The fraction of sp³-hybridized carbons (Fsp3) is 0.933. The smallest absolute Gasteiger partial charge is 0.0853 e. The molecule has 2 unspecified atom stereocenters. The van der Waals surface area contributed by atoms with E-state index in [4.69, 9.17) is 4.99 Å². The van der Waals surface area contributed by atoms with Crippen LogP contribution in [-0.2, 0) is 0 Å². The molecule has 0 saturated carbocycles. The average molecular weight is 238 g/mol. The summed E-state index contributed by atoms with van der Waals surface area (Å²) in [6, 6.07) is 0.440. The third kappa shape index (κ3) is 3.72. The Morgan fingerprint density at radius 3 is 2.12 bits per heavy atom. The van der Waals surface area contributed by atoms with E-state index < -0.39 is 0 Å². The third-order valence-corrected chi connectivity index (χ3v) is 3.71. The largest absolute Gasteiger partial charge is 0.363 e. The lowest BCUT2D eigenvalue weighted by atomic mass is 9.68. The molecule has 2 nitrogen and oxygen atoms in total. The maximum Gasteiger partial charge on any atom is 0.0853 e. The minimum absolute atomic E-state index is 0.257.